The number of thiophene rings is 1. The first-order valence-electron chi connectivity index (χ1n) is 3.30. The number of carbonyl (C=O) groups excluding carboxylic acids is 1. The first kappa shape index (κ1) is 11.5. The zero-order valence-corrected chi connectivity index (χ0v) is 9.22. The maximum Gasteiger partial charge on any atom is 0.418 e. The molecule has 0 radical (unpaired) electrons. The molecule has 1 aromatic heterocycles. The Labute approximate surface area is 89.8 Å². The van der Waals surface area contributed by atoms with Crippen molar-refractivity contribution in [2.75, 3.05) is 7.11 Å². The minimum atomic E-state index is -4.54. The predicted octanol–water partition coefficient (Wildman–Crippen LogP) is 3.32. The van der Waals surface area contributed by atoms with Gasteiger partial charge in [-0.1, -0.05) is 0 Å². The fourth-order valence-corrected chi connectivity index (χ4v) is 2.27. The van der Waals surface area contributed by atoms with Crippen LogP contribution in [0.25, 0.3) is 0 Å². The molecular weight excluding hydrogens is 285 g/mol. The summed E-state index contributed by atoms with van der Waals surface area (Å²) in [5.74, 6) is -0.995. The van der Waals surface area contributed by atoms with E-state index in [1.807, 2.05) is 0 Å². The van der Waals surface area contributed by atoms with E-state index in [0.717, 1.165) is 23.8 Å². The smallest absolute Gasteiger partial charge is 0.418 e. The van der Waals surface area contributed by atoms with Crippen LogP contribution >= 0.6 is 27.3 Å². The Morgan fingerprint density at radius 2 is 2.14 bits per heavy atom. The number of ether oxygens (including phenoxy) is 1. The Morgan fingerprint density at radius 1 is 1.57 bits per heavy atom. The van der Waals surface area contributed by atoms with Gasteiger partial charge in [-0.25, -0.2) is 4.79 Å². The summed E-state index contributed by atoms with van der Waals surface area (Å²) >= 11 is 3.67. The quantitative estimate of drug-likeness (QED) is 0.741. The largest absolute Gasteiger partial charge is 0.465 e. The van der Waals surface area contributed by atoms with Gasteiger partial charge < -0.3 is 4.74 Å². The Hall–Kier alpha value is -0.560. The van der Waals surface area contributed by atoms with Crippen LogP contribution < -0.4 is 0 Å². The first-order chi connectivity index (χ1) is 6.38. The molecule has 0 fully saturated rings. The standard InChI is InChI=1S/C7H4BrF3O2S/c1-13-6(12)4-3(7(9,10)11)2-14-5(4)8/h2H,1H3. The van der Waals surface area contributed by atoms with E-state index in [0.29, 0.717) is 0 Å². The number of methoxy groups -OCH3 is 1. The summed E-state index contributed by atoms with van der Waals surface area (Å²) in [6.45, 7) is 0. The fourth-order valence-electron chi connectivity index (χ4n) is 0.835. The van der Waals surface area contributed by atoms with E-state index in [2.05, 4.69) is 20.7 Å². The number of alkyl halides is 3. The Bertz CT molecular complexity index is 358. The number of hydrogen-bond donors (Lipinski definition) is 0. The zero-order valence-electron chi connectivity index (χ0n) is 6.81. The van der Waals surface area contributed by atoms with Crippen LogP contribution in [0.3, 0.4) is 0 Å². The predicted molar refractivity (Wildman–Crippen MR) is 48.4 cm³/mol. The molecule has 0 bridgehead atoms. The van der Waals surface area contributed by atoms with Crippen molar-refractivity contribution in [1.82, 2.24) is 0 Å². The van der Waals surface area contributed by atoms with Crippen LogP contribution in [0.1, 0.15) is 15.9 Å². The van der Waals surface area contributed by atoms with Crippen molar-refractivity contribution in [2.45, 2.75) is 6.18 Å². The van der Waals surface area contributed by atoms with Gasteiger partial charge in [0.25, 0.3) is 0 Å². The zero-order chi connectivity index (χ0) is 10.9. The van der Waals surface area contributed by atoms with Gasteiger partial charge in [0.15, 0.2) is 0 Å². The van der Waals surface area contributed by atoms with Crippen molar-refractivity contribution in [3.63, 3.8) is 0 Å². The van der Waals surface area contributed by atoms with E-state index in [1.165, 1.54) is 0 Å². The van der Waals surface area contributed by atoms with Crippen LogP contribution in [-0.4, -0.2) is 13.1 Å². The molecule has 0 aliphatic carbocycles. The highest BCUT2D eigenvalue weighted by atomic mass is 79.9. The summed E-state index contributed by atoms with van der Waals surface area (Å²) in [5.41, 5.74) is -1.44. The lowest BCUT2D eigenvalue weighted by molar-refractivity contribution is -0.137. The first-order valence-corrected chi connectivity index (χ1v) is 4.97. The lowest BCUT2D eigenvalue weighted by Gasteiger charge is -2.06. The normalized spacial score (nSPS) is 11.5. The maximum atomic E-state index is 12.3. The third-order valence-electron chi connectivity index (χ3n) is 1.44. The summed E-state index contributed by atoms with van der Waals surface area (Å²) in [6.07, 6.45) is -4.54. The van der Waals surface area contributed by atoms with Gasteiger partial charge in [-0.05, 0) is 15.9 Å². The molecule has 1 rings (SSSR count). The second kappa shape index (κ2) is 3.90. The number of hydrogen-bond acceptors (Lipinski definition) is 3. The lowest BCUT2D eigenvalue weighted by atomic mass is 10.2. The highest BCUT2D eigenvalue weighted by Gasteiger charge is 2.38. The molecule has 0 spiro atoms. The Balaban J connectivity index is 3.26. The second-order valence-corrected chi connectivity index (χ2v) is 4.48. The van der Waals surface area contributed by atoms with Crippen molar-refractivity contribution >= 4 is 33.2 Å². The van der Waals surface area contributed by atoms with Crippen LogP contribution in [0.5, 0.6) is 0 Å². The molecule has 0 aliphatic rings. The van der Waals surface area contributed by atoms with Gasteiger partial charge in [0, 0.05) is 5.38 Å². The molecule has 78 valence electrons. The topological polar surface area (TPSA) is 26.3 Å². The monoisotopic (exact) mass is 288 g/mol. The van der Waals surface area contributed by atoms with Crippen molar-refractivity contribution in [3.05, 3.63) is 20.3 Å². The lowest BCUT2D eigenvalue weighted by Crippen LogP contribution is -2.12. The highest BCUT2D eigenvalue weighted by Crippen LogP contribution is 2.39. The molecule has 1 aromatic rings. The van der Waals surface area contributed by atoms with Crippen LogP contribution in [0.4, 0.5) is 13.2 Å². The summed E-state index contributed by atoms with van der Waals surface area (Å²) in [5, 5.41) is 0.871. The second-order valence-electron chi connectivity index (χ2n) is 2.29. The van der Waals surface area contributed by atoms with Gasteiger partial charge in [-0.2, -0.15) is 13.2 Å². The number of halogens is 4. The minimum Gasteiger partial charge on any atom is -0.465 e. The van der Waals surface area contributed by atoms with Crippen molar-refractivity contribution in [1.29, 1.82) is 0 Å². The molecule has 0 aliphatic heterocycles. The van der Waals surface area contributed by atoms with E-state index < -0.39 is 23.3 Å². The summed E-state index contributed by atoms with van der Waals surface area (Å²) in [6, 6.07) is 0. The minimum absolute atomic E-state index is 0.122. The third-order valence-corrected chi connectivity index (χ3v) is 3.16. The molecule has 7 heteroatoms. The molecule has 0 unspecified atom stereocenters. The van der Waals surface area contributed by atoms with E-state index in [9.17, 15) is 18.0 Å². The van der Waals surface area contributed by atoms with Gasteiger partial charge in [0.1, 0.15) is 0 Å². The van der Waals surface area contributed by atoms with E-state index in [4.69, 9.17) is 0 Å². The SMILES string of the molecule is COC(=O)c1c(C(F)(F)F)csc1Br. The van der Waals surface area contributed by atoms with Gasteiger partial charge >= 0.3 is 12.1 Å². The van der Waals surface area contributed by atoms with E-state index in [-0.39, 0.29) is 3.79 Å². The van der Waals surface area contributed by atoms with E-state index in [1.54, 1.807) is 0 Å². The molecule has 2 nitrogen and oxygen atoms in total. The summed E-state index contributed by atoms with van der Waals surface area (Å²) in [4.78, 5) is 11.0. The Morgan fingerprint density at radius 3 is 2.57 bits per heavy atom. The van der Waals surface area contributed by atoms with Crippen molar-refractivity contribution < 1.29 is 22.7 Å². The molecular formula is C7H4BrF3O2S. The molecule has 0 saturated carbocycles. The molecule has 0 amide bonds. The van der Waals surface area contributed by atoms with Gasteiger partial charge in [-0.3, -0.25) is 0 Å². The highest BCUT2D eigenvalue weighted by molar-refractivity contribution is 9.11. The number of rotatable bonds is 1. The van der Waals surface area contributed by atoms with Crippen LogP contribution in [0, 0.1) is 0 Å². The molecule has 0 N–H and O–H groups in total. The summed E-state index contributed by atoms with van der Waals surface area (Å²) in [7, 11) is 1.03. The third kappa shape index (κ3) is 2.09. The van der Waals surface area contributed by atoms with Gasteiger partial charge in [-0.15, -0.1) is 11.3 Å². The molecule has 1 heterocycles. The van der Waals surface area contributed by atoms with Crippen LogP contribution in [-0.2, 0) is 10.9 Å². The average Bonchev–Trinajstić information content (AvgIpc) is 2.45. The van der Waals surface area contributed by atoms with Crippen molar-refractivity contribution in [3.8, 4) is 0 Å². The van der Waals surface area contributed by atoms with Crippen LogP contribution in [0.2, 0.25) is 0 Å². The van der Waals surface area contributed by atoms with Crippen LogP contribution in [0.15, 0.2) is 9.17 Å². The molecule has 0 aromatic carbocycles. The number of esters is 1. The molecule has 0 atom stereocenters. The van der Waals surface area contributed by atoms with E-state index >= 15 is 0 Å². The maximum absolute atomic E-state index is 12.3. The average molecular weight is 289 g/mol. The van der Waals surface area contributed by atoms with Gasteiger partial charge in [0.05, 0.1) is 22.0 Å². The molecule has 14 heavy (non-hydrogen) atoms. The molecule has 0 saturated heterocycles. The van der Waals surface area contributed by atoms with Gasteiger partial charge in [0.2, 0.25) is 0 Å². The Kier molecular flexibility index (Phi) is 3.20. The fraction of sp³-hybridized carbons (Fsp3) is 0.286. The van der Waals surface area contributed by atoms with Crippen molar-refractivity contribution in [2.24, 2.45) is 0 Å². The number of carbonyl (C=O) groups is 1. The summed E-state index contributed by atoms with van der Waals surface area (Å²) < 4.78 is 41.4.